The molecule has 2 aromatic carbocycles. The molecule has 2 aromatic rings. The molecular weight excluding hydrogens is 386 g/mol. The van der Waals surface area contributed by atoms with Crippen LogP contribution in [0.25, 0.3) is 0 Å². The van der Waals surface area contributed by atoms with Crippen LogP contribution in [0.4, 0.5) is 5.69 Å². The normalized spacial score (nSPS) is 11.2. The second-order valence-electron chi connectivity index (χ2n) is 5.92. The summed E-state index contributed by atoms with van der Waals surface area (Å²) in [6, 6.07) is 10.4. The Morgan fingerprint density at radius 2 is 1.86 bits per heavy atom. The van der Waals surface area contributed by atoms with E-state index in [4.69, 9.17) is 4.74 Å². The van der Waals surface area contributed by atoms with Gasteiger partial charge in [0.1, 0.15) is 0 Å². The van der Waals surface area contributed by atoms with Crippen molar-refractivity contribution in [3.05, 3.63) is 69.3 Å². The highest BCUT2D eigenvalue weighted by atomic mass is 32.2. The van der Waals surface area contributed by atoms with Crippen LogP contribution in [0.2, 0.25) is 0 Å². The van der Waals surface area contributed by atoms with Gasteiger partial charge in [0.15, 0.2) is 0 Å². The molecule has 0 heterocycles. The zero-order chi connectivity index (χ0) is 20.7. The summed E-state index contributed by atoms with van der Waals surface area (Å²) in [4.78, 5) is 22.9. The van der Waals surface area contributed by atoms with Crippen molar-refractivity contribution in [2.75, 3.05) is 20.3 Å². The number of methoxy groups -OCH3 is 1. The molecule has 1 amide bonds. The molecule has 0 saturated heterocycles. The summed E-state index contributed by atoms with van der Waals surface area (Å²) in [5.74, 6) is -0.445. The molecule has 0 aliphatic rings. The molecule has 0 unspecified atom stereocenters. The number of amides is 1. The third-order valence-corrected chi connectivity index (χ3v) is 5.51. The molecule has 10 heteroatoms. The van der Waals surface area contributed by atoms with Gasteiger partial charge in [-0.25, -0.2) is 13.1 Å². The van der Waals surface area contributed by atoms with Crippen molar-refractivity contribution in [2.24, 2.45) is 0 Å². The first-order chi connectivity index (χ1) is 13.3. The van der Waals surface area contributed by atoms with Crippen molar-refractivity contribution in [3.8, 4) is 0 Å². The number of nitro benzene ring substituents is 1. The third-order valence-electron chi connectivity index (χ3n) is 4.03. The highest BCUT2D eigenvalue weighted by molar-refractivity contribution is 7.89. The van der Waals surface area contributed by atoms with Gasteiger partial charge in [0.25, 0.3) is 11.6 Å². The quantitative estimate of drug-likeness (QED) is 0.370. The van der Waals surface area contributed by atoms with Crippen LogP contribution in [0.15, 0.2) is 47.4 Å². The van der Waals surface area contributed by atoms with Crippen LogP contribution in [-0.4, -0.2) is 39.5 Å². The molecule has 0 bridgehead atoms. The van der Waals surface area contributed by atoms with Crippen LogP contribution in [0.1, 0.15) is 21.5 Å². The lowest BCUT2D eigenvalue weighted by Crippen LogP contribution is -2.27. The van der Waals surface area contributed by atoms with E-state index in [-0.39, 0.29) is 41.4 Å². The van der Waals surface area contributed by atoms with Gasteiger partial charge in [-0.1, -0.05) is 18.2 Å². The molecule has 0 aromatic heterocycles. The number of rotatable bonds is 9. The first-order valence-corrected chi connectivity index (χ1v) is 9.84. The smallest absolute Gasteiger partial charge is 0.273 e. The molecule has 0 aliphatic carbocycles. The summed E-state index contributed by atoms with van der Waals surface area (Å²) < 4.78 is 31.4. The number of nitrogens with one attached hydrogen (secondary N) is 2. The SMILES string of the molecule is COCCNS(=O)(=O)c1ccc(CNC(=O)c2cccc([N+](=O)[O-])c2C)cc1. The minimum Gasteiger partial charge on any atom is -0.383 e. The van der Waals surface area contributed by atoms with Gasteiger partial charge >= 0.3 is 0 Å². The molecule has 28 heavy (non-hydrogen) atoms. The van der Waals surface area contributed by atoms with Gasteiger partial charge < -0.3 is 10.1 Å². The fraction of sp³-hybridized carbons (Fsp3) is 0.278. The van der Waals surface area contributed by atoms with Crippen LogP contribution < -0.4 is 10.0 Å². The second kappa shape index (κ2) is 9.40. The number of sulfonamides is 1. The van der Waals surface area contributed by atoms with Crippen molar-refractivity contribution in [3.63, 3.8) is 0 Å². The largest absolute Gasteiger partial charge is 0.383 e. The van der Waals surface area contributed by atoms with Crippen LogP contribution in [0.3, 0.4) is 0 Å². The Kier molecular flexibility index (Phi) is 7.21. The summed E-state index contributed by atoms with van der Waals surface area (Å²) in [7, 11) is -2.14. The Hall–Kier alpha value is -2.82. The predicted molar refractivity (Wildman–Crippen MR) is 103 cm³/mol. The van der Waals surface area contributed by atoms with Crippen molar-refractivity contribution in [2.45, 2.75) is 18.4 Å². The minimum absolute atomic E-state index is 0.105. The topological polar surface area (TPSA) is 128 Å². The van der Waals surface area contributed by atoms with Gasteiger partial charge in [-0.3, -0.25) is 14.9 Å². The lowest BCUT2D eigenvalue weighted by Gasteiger charge is -2.09. The molecule has 0 saturated carbocycles. The van der Waals surface area contributed by atoms with E-state index in [1.54, 1.807) is 12.1 Å². The number of nitrogens with zero attached hydrogens (tertiary/aromatic N) is 1. The Morgan fingerprint density at radius 1 is 1.18 bits per heavy atom. The van der Waals surface area contributed by atoms with E-state index in [1.807, 2.05) is 0 Å². The summed E-state index contributed by atoms with van der Waals surface area (Å²) in [5.41, 5.74) is 1.07. The lowest BCUT2D eigenvalue weighted by molar-refractivity contribution is -0.385. The highest BCUT2D eigenvalue weighted by Crippen LogP contribution is 2.21. The number of ether oxygens (including phenoxy) is 1. The highest BCUT2D eigenvalue weighted by Gasteiger charge is 2.18. The van der Waals surface area contributed by atoms with E-state index in [1.165, 1.54) is 44.4 Å². The zero-order valence-corrected chi connectivity index (χ0v) is 16.3. The lowest BCUT2D eigenvalue weighted by atomic mass is 10.1. The summed E-state index contributed by atoms with van der Waals surface area (Å²) in [6.07, 6.45) is 0. The first kappa shape index (κ1) is 21.5. The first-order valence-electron chi connectivity index (χ1n) is 8.36. The summed E-state index contributed by atoms with van der Waals surface area (Å²) in [6.45, 7) is 2.10. The Bertz CT molecular complexity index is 958. The second-order valence-corrected chi connectivity index (χ2v) is 7.69. The van der Waals surface area contributed by atoms with Crippen LogP contribution in [0, 0.1) is 17.0 Å². The van der Waals surface area contributed by atoms with E-state index < -0.39 is 20.9 Å². The maximum Gasteiger partial charge on any atom is 0.273 e. The molecule has 0 radical (unpaired) electrons. The van der Waals surface area contributed by atoms with Crippen molar-refractivity contribution in [1.29, 1.82) is 0 Å². The van der Waals surface area contributed by atoms with Gasteiger partial charge in [-0.15, -0.1) is 0 Å². The van der Waals surface area contributed by atoms with E-state index in [0.29, 0.717) is 5.56 Å². The number of benzene rings is 2. The summed E-state index contributed by atoms with van der Waals surface area (Å²) in [5, 5.41) is 13.7. The molecule has 0 fully saturated rings. The molecule has 0 aliphatic heterocycles. The molecule has 0 spiro atoms. The van der Waals surface area contributed by atoms with Crippen LogP contribution in [-0.2, 0) is 21.3 Å². The maximum absolute atomic E-state index is 12.3. The molecule has 0 atom stereocenters. The third kappa shape index (κ3) is 5.35. The Balaban J connectivity index is 2.03. The molecular formula is C18H21N3O6S. The monoisotopic (exact) mass is 407 g/mol. The van der Waals surface area contributed by atoms with Gasteiger partial charge in [0.2, 0.25) is 10.0 Å². The zero-order valence-electron chi connectivity index (χ0n) is 15.5. The Labute approximate surface area is 162 Å². The van der Waals surface area contributed by atoms with Gasteiger partial charge in [-0.05, 0) is 30.7 Å². The minimum atomic E-state index is -3.62. The van der Waals surface area contributed by atoms with E-state index in [0.717, 1.165) is 0 Å². The van der Waals surface area contributed by atoms with Gasteiger partial charge in [-0.2, -0.15) is 0 Å². The number of hydrogen-bond donors (Lipinski definition) is 2. The standard InChI is InChI=1S/C18H21N3O6S/c1-13-16(4-3-5-17(13)21(23)24)18(22)19-12-14-6-8-15(9-7-14)28(25,26)20-10-11-27-2/h3-9,20H,10-12H2,1-2H3,(H,19,22). The molecule has 2 N–H and O–H groups in total. The Morgan fingerprint density at radius 3 is 2.46 bits per heavy atom. The van der Waals surface area contributed by atoms with Crippen molar-refractivity contribution in [1.82, 2.24) is 10.0 Å². The van der Waals surface area contributed by atoms with Crippen LogP contribution in [0.5, 0.6) is 0 Å². The maximum atomic E-state index is 12.3. The number of hydrogen-bond acceptors (Lipinski definition) is 6. The fourth-order valence-corrected chi connectivity index (χ4v) is 3.51. The number of nitro groups is 1. The molecule has 9 nitrogen and oxygen atoms in total. The average molecular weight is 407 g/mol. The van der Waals surface area contributed by atoms with Gasteiger partial charge in [0, 0.05) is 37.4 Å². The predicted octanol–water partition coefficient (Wildman–Crippen LogP) is 1.76. The summed E-state index contributed by atoms with van der Waals surface area (Å²) >= 11 is 0. The average Bonchev–Trinajstić information content (AvgIpc) is 2.66. The van der Waals surface area contributed by atoms with Gasteiger partial charge in [0.05, 0.1) is 16.4 Å². The van der Waals surface area contributed by atoms with Crippen LogP contribution >= 0.6 is 0 Å². The van der Waals surface area contributed by atoms with E-state index in [9.17, 15) is 23.3 Å². The fourth-order valence-electron chi connectivity index (χ4n) is 2.49. The van der Waals surface area contributed by atoms with Crippen molar-refractivity contribution >= 4 is 21.6 Å². The number of carbonyl (C=O) groups is 1. The number of carbonyl (C=O) groups excluding carboxylic acids is 1. The van der Waals surface area contributed by atoms with E-state index >= 15 is 0 Å². The van der Waals surface area contributed by atoms with Crippen molar-refractivity contribution < 1.29 is 22.9 Å². The molecule has 150 valence electrons. The van der Waals surface area contributed by atoms with E-state index in [2.05, 4.69) is 10.0 Å². The molecule has 2 rings (SSSR count).